The summed E-state index contributed by atoms with van der Waals surface area (Å²) in [6.07, 6.45) is 2.27. The second-order valence-corrected chi connectivity index (χ2v) is 3.80. The number of nitrogens with two attached hydrogens (primary N) is 1. The lowest BCUT2D eigenvalue weighted by Gasteiger charge is -2.08. The molecule has 0 saturated carbocycles. The Morgan fingerprint density at radius 2 is 2.00 bits per heavy atom. The summed E-state index contributed by atoms with van der Waals surface area (Å²) >= 11 is 0. The average molecular weight is 252 g/mol. The summed E-state index contributed by atoms with van der Waals surface area (Å²) in [5.41, 5.74) is 5.36. The van der Waals surface area contributed by atoms with Crippen molar-refractivity contribution in [2.75, 3.05) is 13.2 Å². The lowest BCUT2D eigenvalue weighted by atomic mass is 10.2. The molecule has 18 heavy (non-hydrogen) atoms. The van der Waals surface area contributed by atoms with Crippen LogP contribution in [0.2, 0.25) is 0 Å². The SMILES string of the molecule is CCOc1cccc(OCCCCC(N)=NO)c1. The summed E-state index contributed by atoms with van der Waals surface area (Å²) in [5, 5.41) is 11.3. The van der Waals surface area contributed by atoms with Crippen LogP contribution in [0, 0.1) is 0 Å². The molecule has 1 rings (SSSR count). The number of nitrogens with zero attached hydrogens (tertiary/aromatic N) is 1. The molecule has 0 aliphatic rings. The summed E-state index contributed by atoms with van der Waals surface area (Å²) in [6, 6.07) is 7.56. The highest BCUT2D eigenvalue weighted by atomic mass is 16.5. The van der Waals surface area contributed by atoms with E-state index >= 15 is 0 Å². The van der Waals surface area contributed by atoms with Gasteiger partial charge < -0.3 is 20.4 Å². The van der Waals surface area contributed by atoms with Gasteiger partial charge in [0.05, 0.1) is 13.2 Å². The fraction of sp³-hybridized carbons (Fsp3) is 0.462. The molecule has 100 valence electrons. The molecule has 0 amide bonds. The van der Waals surface area contributed by atoms with Gasteiger partial charge in [-0.25, -0.2) is 0 Å². The lowest BCUT2D eigenvalue weighted by molar-refractivity contribution is 0.299. The fourth-order valence-corrected chi connectivity index (χ4v) is 1.47. The Morgan fingerprint density at radius 1 is 1.28 bits per heavy atom. The maximum absolute atomic E-state index is 8.37. The van der Waals surface area contributed by atoms with E-state index in [1.54, 1.807) is 0 Å². The number of unbranched alkanes of at least 4 members (excludes halogenated alkanes) is 1. The minimum Gasteiger partial charge on any atom is -0.494 e. The highest BCUT2D eigenvalue weighted by Crippen LogP contribution is 2.19. The van der Waals surface area contributed by atoms with Crippen molar-refractivity contribution < 1.29 is 14.7 Å². The van der Waals surface area contributed by atoms with Gasteiger partial charge in [0.1, 0.15) is 17.3 Å². The van der Waals surface area contributed by atoms with Crippen molar-refractivity contribution in [3.05, 3.63) is 24.3 Å². The van der Waals surface area contributed by atoms with Gasteiger partial charge in [0, 0.05) is 12.5 Å². The van der Waals surface area contributed by atoms with Gasteiger partial charge in [0.25, 0.3) is 0 Å². The van der Waals surface area contributed by atoms with Crippen LogP contribution in [0.3, 0.4) is 0 Å². The van der Waals surface area contributed by atoms with E-state index < -0.39 is 0 Å². The number of hydrogen-bond donors (Lipinski definition) is 2. The van der Waals surface area contributed by atoms with E-state index in [1.165, 1.54) is 0 Å². The molecule has 0 aliphatic heterocycles. The van der Waals surface area contributed by atoms with E-state index in [-0.39, 0.29) is 5.84 Å². The van der Waals surface area contributed by atoms with Crippen molar-refractivity contribution >= 4 is 5.84 Å². The maximum Gasteiger partial charge on any atom is 0.139 e. The van der Waals surface area contributed by atoms with Crippen LogP contribution in [0.4, 0.5) is 0 Å². The first-order valence-corrected chi connectivity index (χ1v) is 6.08. The van der Waals surface area contributed by atoms with Gasteiger partial charge >= 0.3 is 0 Å². The Bertz CT molecular complexity index is 380. The topological polar surface area (TPSA) is 77.1 Å². The van der Waals surface area contributed by atoms with E-state index in [9.17, 15) is 0 Å². The van der Waals surface area contributed by atoms with Gasteiger partial charge in [0.15, 0.2) is 0 Å². The number of oxime groups is 1. The average Bonchev–Trinajstić information content (AvgIpc) is 2.39. The van der Waals surface area contributed by atoms with Gasteiger partial charge in [-0.1, -0.05) is 11.2 Å². The number of amidine groups is 1. The van der Waals surface area contributed by atoms with Crippen LogP contribution in [0.15, 0.2) is 29.4 Å². The minimum absolute atomic E-state index is 0.258. The molecular weight excluding hydrogens is 232 g/mol. The van der Waals surface area contributed by atoms with Crippen LogP contribution < -0.4 is 15.2 Å². The van der Waals surface area contributed by atoms with E-state index in [1.807, 2.05) is 31.2 Å². The molecule has 3 N–H and O–H groups in total. The third kappa shape index (κ3) is 5.43. The van der Waals surface area contributed by atoms with Crippen molar-refractivity contribution in [3.8, 4) is 11.5 Å². The molecule has 0 unspecified atom stereocenters. The zero-order valence-electron chi connectivity index (χ0n) is 10.6. The smallest absolute Gasteiger partial charge is 0.139 e. The Labute approximate surface area is 107 Å². The van der Waals surface area contributed by atoms with Crippen LogP contribution in [0.1, 0.15) is 26.2 Å². The highest BCUT2D eigenvalue weighted by Gasteiger charge is 1.98. The Kier molecular flexibility index (Phi) is 6.46. The normalized spacial score (nSPS) is 11.3. The molecule has 5 nitrogen and oxygen atoms in total. The Hall–Kier alpha value is -1.91. The van der Waals surface area contributed by atoms with Gasteiger partial charge in [-0.05, 0) is 31.9 Å². The van der Waals surface area contributed by atoms with Crippen molar-refractivity contribution in [3.63, 3.8) is 0 Å². The monoisotopic (exact) mass is 252 g/mol. The van der Waals surface area contributed by atoms with Crippen LogP contribution in [0.5, 0.6) is 11.5 Å². The standard InChI is InChI=1S/C13H20N2O3/c1-2-17-11-6-5-7-12(10-11)18-9-4-3-8-13(14)15-16/h5-7,10,16H,2-4,8-9H2,1H3,(H2,14,15). The molecule has 1 aromatic rings. The molecular formula is C13H20N2O3. The summed E-state index contributed by atoms with van der Waals surface area (Å²) in [4.78, 5) is 0. The van der Waals surface area contributed by atoms with Gasteiger partial charge in [-0.3, -0.25) is 0 Å². The second-order valence-electron chi connectivity index (χ2n) is 3.80. The number of benzene rings is 1. The Balaban J connectivity index is 2.24. The molecule has 0 aliphatic carbocycles. The first-order valence-electron chi connectivity index (χ1n) is 6.08. The zero-order valence-corrected chi connectivity index (χ0v) is 10.6. The van der Waals surface area contributed by atoms with Crippen LogP contribution >= 0.6 is 0 Å². The van der Waals surface area contributed by atoms with Gasteiger partial charge in [0.2, 0.25) is 0 Å². The zero-order chi connectivity index (χ0) is 13.2. The van der Waals surface area contributed by atoms with Crippen molar-refractivity contribution in [1.29, 1.82) is 0 Å². The lowest BCUT2D eigenvalue weighted by Crippen LogP contribution is -2.11. The number of hydrogen-bond acceptors (Lipinski definition) is 4. The number of rotatable bonds is 8. The van der Waals surface area contributed by atoms with Gasteiger partial charge in [-0.2, -0.15) is 0 Å². The largest absolute Gasteiger partial charge is 0.494 e. The molecule has 0 spiro atoms. The second kappa shape index (κ2) is 8.22. The van der Waals surface area contributed by atoms with E-state index in [0.29, 0.717) is 19.6 Å². The van der Waals surface area contributed by atoms with Crippen molar-refractivity contribution in [2.45, 2.75) is 26.2 Å². The summed E-state index contributed by atoms with van der Waals surface area (Å²) < 4.78 is 11.0. The molecule has 0 bridgehead atoms. The minimum atomic E-state index is 0.258. The van der Waals surface area contributed by atoms with Crippen molar-refractivity contribution in [1.82, 2.24) is 0 Å². The highest BCUT2D eigenvalue weighted by molar-refractivity contribution is 5.79. The molecule has 0 aromatic heterocycles. The van der Waals surface area contributed by atoms with Crippen LogP contribution in [-0.2, 0) is 0 Å². The molecule has 0 atom stereocenters. The predicted molar refractivity (Wildman–Crippen MR) is 70.4 cm³/mol. The molecule has 0 saturated heterocycles. The molecule has 0 heterocycles. The molecule has 0 fully saturated rings. The van der Waals surface area contributed by atoms with Crippen LogP contribution in [-0.4, -0.2) is 24.3 Å². The molecule has 1 aromatic carbocycles. The Morgan fingerprint density at radius 3 is 2.67 bits per heavy atom. The number of ether oxygens (including phenoxy) is 2. The van der Waals surface area contributed by atoms with E-state index in [2.05, 4.69) is 5.16 Å². The molecule has 0 radical (unpaired) electrons. The summed E-state index contributed by atoms with van der Waals surface area (Å²) in [6.45, 7) is 3.19. The van der Waals surface area contributed by atoms with E-state index in [4.69, 9.17) is 20.4 Å². The maximum atomic E-state index is 8.37. The summed E-state index contributed by atoms with van der Waals surface area (Å²) in [7, 11) is 0. The third-order valence-corrected chi connectivity index (χ3v) is 2.34. The predicted octanol–water partition coefficient (Wildman–Crippen LogP) is 2.38. The van der Waals surface area contributed by atoms with Gasteiger partial charge in [-0.15, -0.1) is 0 Å². The quantitative estimate of drug-likeness (QED) is 0.245. The van der Waals surface area contributed by atoms with E-state index in [0.717, 1.165) is 24.3 Å². The van der Waals surface area contributed by atoms with Crippen LogP contribution in [0.25, 0.3) is 0 Å². The first-order chi connectivity index (χ1) is 8.76. The van der Waals surface area contributed by atoms with Crippen molar-refractivity contribution in [2.24, 2.45) is 10.9 Å². The summed E-state index contributed by atoms with van der Waals surface area (Å²) in [5.74, 6) is 1.87. The fourth-order valence-electron chi connectivity index (χ4n) is 1.47. The first kappa shape index (κ1) is 14.2. The molecule has 5 heteroatoms. The third-order valence-electron chi connectivity index (χ3n) is 2.34.